The quantitative estimate of drug-likeness (QED) is 0.729. The van der Waals surface area contributed by atoms with E-state index < -0.39 is 11.6 Å². The lowest BCUT2D eigenvalue weighted by atomic mass is 9.53. The minimum Gasteiger partial charge on any atom is -0.508 e. The number of phenols is 1. The largest absolute Gasteiger partial charge is 0.508 e. The Morgan fingerprint density at radius 3 is 2.46 bits per heavy atom. The summed E-state index contributed by atoms with van der Waals surface area (Å²) < 4.78 is 6.83. The Kier molecular flexibility index (Phi) is 3.34. The highest BCUT2D eigenvalue weighted by Crippen LogP contribution is 2.64. The predicted octanol–water partition coefficient (Wildman–Crippen LogP) is 4.88. The van der Waals surface area contributed by atoms with E-state index in [1.54, 1.807) is 6.07 Å². The van der Waals surface area contributed by atoms with E-state index in [0.717, 1.165) is 37.5 Å². The van der Waals surface area contributed by atoms with Crippen LogP contribution >= 0.6 is 0 Å². The van der Waals surface area contributed by atoms with Crippen molar-refractivity contribution in [2.75, 3.05) is 0 Å². The Bertz CT molecular complexity index is 688. The molecule has 6 aliphatic rings. The lowest BCUT2D eigenvalue weighted by Gasteiger charge is -2.57. The van der Waals surface area contributed by atoms with Gasteiger partial charge in [-0.1, -0.05) is 12.1 Å². The third kappa shape index (κ3) is 2.25. The Hall–Kier alpha value is -1.10. The molecule has 1 heterocycles. The maximum absolute atomic E-state index is 9.85. The van der Waals surface area contributed by atoms with E-state index in [1.165, 1.54) is 37.7 Å². The summed E-state index contributed by atoms with van der Waals surface area (Å²) >= 11 is 0. The van der Waals surface area contributed by atoms with E-state index in [1.807, 2.05) is 12.1 Å². The molecule has 0 unspecified atom stereocenters. The second kappa shape index (κ2) is 5.46. The van der Waals surface area contributed by atoms with Crippen LogP contribution in [0.2, 0.25) is 0 Å². The number of hydrogen-bond donors (Lipinski definition) is 1. The molecule has 0 amide bonds. The molecular formula is C22H28O4. The van der Waals surface area contributed by atoms with Crippen LogP contribution in [0, 0.1) is 23.7 Å². The van der Waals surface area contributed by atoms with Gasteiger partial charge < -0.3 is 9.84 Å². The SMILES string of the molecule is Oc1cccc([C@@H]2CCC[C@]3(C2)OOC2(O3)C3CC4CC(C3)CC2C4)c1. The Morgan fingerprint density at radius 1 is 0.962 bits per heavy atom. The van der Waals surface area contributed by atoms with E-state index in [2.05, 4.69) is 6.07 Å². The number of aromatic hydroxyl groups is 1. The molecule has 2 atom stereocenters. The van der Waals surface area contributed by atoms with Crippen LogP contribution in [0.4, 0.5) is 0 Å². The molecule has 26 heavy (non-hydrogen) atoms. The van der Waals surface area contributed by atoms with Crippen LogP contribution < -0.4 is 0 Å². The minimum absolute atomic E-state index is 0.337. The number of benzene rings is 1. The highest BCUT2D eigenvalue weighted by molar-refractivity contribution is 5.30. The number of rotatable bonds is 1. The van der Waals surface area contributed by atoms with Crippen LogP contribution in [0.25, 0.3) is 0 Å². The Labute approximate surface area is 154 Å². The second-order valence-corrected chi connectivity index (χ2v) is 9.59. The normalized spacial score (nSPS) is 49.3. The highest BCUT2D eigenvalue weighted by atomic mass is 17.3. The predicted molar refractivity (Wildman–Crippen MR) is 95.1 cm³/mol. The van der Waals surface area contributed by atoms with Gasteiger partial charge in [0.25, 0.3) is 0 Å². The van der Waals surface area contributed by atoms with E-state index in [0.29, 0.717) is 23.5 Å². The molecule has 4 nitrogen and oxygen atoms in total. The first-order valence-corrected chi connectivity index (χ1v) is 10.5. The van der Waals surface area contributed by atoms with Crippen LogP contribution in [-0.2, 0) is 14.5 Å². The van der Waals surface area contributed by atoms with Gasteiger partial charge in [0.15, 0.2) is 0 Å². The maximum Gasteiger partial charge on any atom is 0.210 e. The molecule has 1 N–H and O–H groups in total. The minimum atomic E-state index is -0.594. The molecule has 1 saturated heterocycles. The van der Waals surface area contributed by atoms with Gasteiger partial charge >= 0.3 is 0 Å². The van der Waals surface area contributed by atoms with Gasteiger partial charge in [-0.3, -0.25) is 0 Å². The van der Waals surface area contributed by atoms with Crippen molar-refractivity contribution < 1.29 is 19.6 Å². The van der Waals surface area contributed by atoms with Crippen LogP contribution in [0.5, 0.6) is 5.75 Å². The van der Waals surface area contributed by atoms with Gasteiger partial charge in [-0.15, -0.1) is 0 Å². The number of hydrogen-bond acceptors (Lipinski definition) is 4. The molecule has 1 aromatic carbocycles. The van der Waals surface area contributed by atoms with E-state index in [4.69, 9.17) is 14.5 Å². The molecule has 0 radical (unpaired) electrons. The molecule has 1 aromatic rings. The molecule has 5 aliphatic carbocycles. The molecule has 2 spiro atoms. The van der Waals surface area contributed by atoms with Crippen molar-refractivity contribution in [3.63, 3.8) is 0 Å². The first-order valence-electron chi connectivity index (χ1n) is 10.5. The first kappa shape index (κ1) is 15.9. The average molecular weight is 356 g/mol. The molecule has 4 bridgehead atoms. The summed E-state index contributed by atoms with van der Waals surface area (Å²) in [4.78, 5) is 12.2. The molecule has 7 rings (SSSR count). The molecule has 0 aromatic heterocycles. The van der Waals surface area contributed by atoms with E-state index in [-0.39, 0.29) is 0 Å². The van der Waals surface area contributed by atoms with Crippen molar-refractivity contribution in [3.8, 4) is 5.75 Å². The molecule has 6 fully saturated rings. The molecule has 1 aliphatic heterocycles. The third-order valence-electron chi connectivity index (χ3n) is 7.95. The van der Waals surface area contributed by atoms with E-state index >= 15 is 0 Å². The van der Waals surface area contributed by atoms with Gasteiger partial charge in [0, 0.05) is 24.7 Å². The number of phenolic OH excluding ortho intramolecular Hbond substituents is 1. The second-order valence-electron chi connectivity index (χ2n) is 9.59. The Morgan fingerprint density at radius 2 is 1.73 bits per heavy atom. The summed E-state index contributed by atoms with van der Waals surface area (Å²) in [5, 5.41) is 9.85. The zero-order valence-corrected chi connectivity index (χ0v) is 15.2. The van der Waals surface area contributed by atoms with Crippen LogP contribution in [-0.4, -0.2) is 16.7 Å². The van der Waals surface area contributed by atoms with Gasteiger partial charge in [0.05, 0.1) is 0 Å². The fraction of sp³-hybridized carbons (Fsp3) is 0.727. The lowest BCUT2D eigenvalue weighted by molar-refractivity contribution is -0.390. The summed E-state index contributed by atoms with van der Waals surface area (Å²) in [6.07, 6.45) is 10.4. The first-order chi connectivity index (χ1) is 12.6. The molecular weight excluding hydrogens is 328 g/mol. The van der Waals surface area contributed by atoms with Crippen LogP contribution in [0.1, 0.15) is 69.3 Å². The van der Waals surface area contributed by atoms with Gasteiger partial charge in [0.2, 0.25) is 11.6 Å². The zero-order chi connectivity index (χ0) is 17.4. The monoisotopic (exact) mass is 356 g/mol. The van der Waals surface area contributed by atoms with Crippen molar-refractivity contribution >= 4 is 0 Å². The summed E-state index contributed by atoms with van der Waals surface area (Å²) in [5.74, 6) is 2.42. The third-order valence-corrected chi connectivity index (χ3v) is 7.95. The smallest absolute Gasteiger partial charge is 0.210 e. The van der Waals surface area contributed by atoms with Crippen molar-refractivity contribution in [1.29, 1.82) is 0 Å². The highest BCUT2D eigenvalue weighted by Gasteiger charge is 2.66. The summed E-state index contributed by atoms with van der Waals surface area (Å²) in [5.41, 5.74) is 1.18. The number of ether oxygens (including phenoxy) is 1. The fourth-order valence-corrected chi connectivity index (χ4v) is 7.04. The van der Waals surface area contributed by atoms with E-state index in [9.17, 15) is 5.11 Å². The maximum atomic E-state index is 9.85. The zero-order valence-electron chi connectivity index (χ0n) is 15.2. The average Bonchev–Trinajstić information content (AvgIpc) is 2.99. The summed E-state index contributed by atoms with van der Waals surface area (Å²) in [6, 6.07) is 7.66. The van der Waals surface area contributed by atoms with Crippen molar-refractivity contribution in [2.45, 2.75) is 75.3 Å². The summed E-state index contributed by atoms with van der Waals surface area (Å²) in [6.45, 7) is 0. The fourth-order valence-electron chi connectivity index (χ4n) is 7.04. The van der Waals surface area contributed by atoms with Crippen LogP contribution in [0.3, 0.4) is 0 Å². The van der Waals surface area contributed by atoms with Crippen molar-refractivity contribution in [1.82, 2.24) is 0 Å². The van der Waals surface area contributed by atoms with Gasteiger partial charge in [-0.25, -0.2) is 0 Å². The van der Waals surface area contributed by atoms with Gasteiger partial charge in [0.1, 0.15) is 5.75 Å². The standard InChI is InChI=1S/C22H28O4/c23-20-5-1-3-16(12-20)17-4-2-6-21(13-17)24-22(26-25-21)18-8-14-7-15(10-18)11-19(22)9-14/h1,3,5,12,14-15,17-19,23H,2,4,6-11,13H2/t14?,15?,17-,18?,19?,21-,22?/m1/s1. The molecule has 140 valence electrons. The lowest BCUT2D eigenvalue weighted by Crippen LogP contribution is -2.59. The molecule has 5 saturated carbocycles. The van der Waals surface area contributed by atoms with Crippen molar-refractivity contribution in [2.24, 2.45) is 23.7 Å². The van der Waals surface area contributed by atoms with Crippen LogP contribution in [0.15, 0.2) is 24.3 Å². The van der Waals surface area contributed by atoms with Gasteiger partial charge in [-0.2, -0.15) is 9.78 Å². The van der Waals surface area contributed by atoms with Gasteiger partial charge in [-0.05, 0) is 80.4 Å². The Balaban J connectivity index is 1.26. The molecule has 4 heteroatoms. The topological polar surface area (TPSA) is 47.9 Å². The summed E-state index contributed by atoms with van der Waals surface area (Å²) in [7, 11) is 0. The van der Waals surface area contributed by atoms with Crippen molar-refractivity contribution in [3.05, 3.63) is 29.8 Å².